The van der Waals surface area contributed by atoms with Gasteiger partial charge >= 0.3 is 5.97 Å². The van der Waals surface area contributed by atoms with Gasteiger partial charge in [0.15, 0.2) is 9.84 Å². The molecule has 1 N–H and O–H groups in total. The van der Waals surface area contributed by atoms with Crippen molar-refractivity contribution in [3.05, 3.63) is 69.7 Å². The largest absolute Gasteiger partial charge is 0.481 e. The van der Waals surface area contributed by atoms with Crippen LogP contribution in [0.15, 0.2) is 48.5 Å². The molecule has 1 amide bonds. The first kappa shape index (κ1) is 29.4. The van der Waals surface area contributed by atoms with Crippen LogP contribution in [0.1, 0.15) is 70.7 Å². The molecule has 1 heterocycles. The maximum atomic E-state index is 13.9. The van der Waals surface area contributed by atoms with Crippen molar-refractivity contribution < 1.29 is 27.9 Å². The van der Waals surface area contributed by atoms with Gasteiger partial charge in [-0.1, -0.05) is 54.4 Å². The minimum absolute atomic E-state index is 0.328. The fourth-order valence-electron chi connectivity index (χ4n) is 4.88. The maximum Gasteiger partial charge on any atom is 0.306 e. The predicted octanol–water partition coefficient (Wildman–Crippen LogP) is 5.86. The monoisotopic (exact) mass is 569 g/mol. The highest BCUT2D eigenvalue weighted by molar-refractivity contribution is 7.93. The Labute approximate surface area is 228 Å². The van der Waals surface area contributed by atoms with Gasteiger partial charge in [-0.2, -0.15) is 0 Å². The van der Waals surface area contributed by atoms with E-state index in [1.165, 1.54) is 4.90 Å². The van der Waals surface area contributed by atoms with Crippen LogP contribution in [0.3, 0.4) is 0 Å². The lowest BCUT2D eigenvalue weighted by atomic mass is 9.89. The number of carbonyl (C=O) groups excluding carboxylic acids is 1. The first-order chi connectivity index (χ1) is 17.2. The zero-order chi connectivity index (χ0) is 27.7. The van der Waals surface area contributed by atoms with E-state index in [0.29, 0.717) is 27.6 Å². The number of aliphatic carboxylic acids is 1. The van der Waals surface area contributed by atoms with Crippen molar-refractivity contribution >= 4 is 44.9 Å². The van der Waals surface area contributed by atoms with Crippen LogP contribution >= 0.6 is 23.2 Å². The molecule has 7 nitrogen and oxygen atoms in total. The predicted molar refractivity (Wildman–Crippen MR) is 145 cm³/mol. The van der Waals surface area contributed by atoms with Crippen LogP contribution in [-0.2, 0) is 24.2 Å². The van der Waals surface area contributed by atoms with E-state index in [0.717, 1.165) is 0 Å². The van der Waals surface area contributed by atoms with Crippen molar-refractivity contribution in [1.82, 2.24) is 4.90 Å². The van der Waals surface area contributed by atoms with Gasteiger partial charge in [-0.3, -0.25) is 9.59 Å². The summed E-state index contributed by atoms with van der Waals surface area (Å²) >= 11 is 12.4. The van der Waals surface area contributed by atoms with Gasteiger partial charge in [0, 0.05) is 16.1 Å². The highest BCUT2D eigenvalue weighted by atomic mass is 35.5. The van der Waals surface area contributed by atoms with Gasteiger partial charge in [0.05, 0.1) is 22.5 Å². The fourth-order valence-corrected chi connectivity index (χ4v) is 7.06. The average molecular weight is 571 g/mol. The summed E-state index contributed by atoms with van der Waals surface area (Å²) in [5.74, 6) is -1.76. The van der Waals surface area contributed by atoms with Crippen molar-refractivity contribution in [1.29, 1.82) is 0 Å². The van der Waals surface area contributed by atoms with Gasteiger partial charge in [-0.05, 0) is 69.5 Å². The Kier molecular flexibility index (Phi) is 9.00. The molecular weight excluding hydrogens is 537 g/mol. The third kappa shape index (κ3) is 6.14. The van der Waals surface area contributed by atoms with Crippen molar-refractivity contribution in [3.63, 3.8) is 0 Å². The average Bonchev–Trinajstić information content (AvgIpc) is 2.81. The number of nitrogens with zero attached hydrogens (tertiary/aromatic N) is 1. The van der Waals surface area contributed by atoms with Crippen LogP contribution in [0, 0.1) is 0 Å². The number of carboxylic acid groups (broad SMARTS) is 1. The summed E-state index contributed by atoms with van der Waals surface area (Å²) in [6.45, 7) is 8.32. The van der Waals surface area contributed by atoms with Crippen LogP contribution < -0.4 is 0 Å². The molecule has 1 aliphatic heterocycles. The van der Waals surface area contributed by atoms with Crippen LogP contribution in [0.2, 0.25) is 10.0 Å². The van der Waals surface area contributed by atoms with E-state index in [4.69, 9.17) is 27.9 Å². The van der Waals surface area contributed by atoms with Crippen LogP contribution in [-0.4, -0.2) is 52.4 Å². The molecule has 2 aromatic carbocycles. The molecule has 37 heavy (non-hydrogen) atoms. The minimum atomic E-state index is -3.70. The summed E-state index contributed by atoms with van der Waals surface area (Å²) in [4.78, 5) is 27.1. The molecule has 0 radical (unpaired) electrons. The second-order valence-electron chi connectivity index (χ2n) is 10.3. The number of amides is 1. The van der Waals surface area contributed by atoms with Gasteiger partial charge in [-0.25, -0.2) is 8.42 Å². The summed E-state index contributed by atoms with van der Waals surface area (Å²) < 4.78 is 32.2. The van der Waals surface area contributed by atoms with Crippen molar-refractivity contribution in [3.8, 4) is 0 Å². The summed E-state index contributed by atoms with van der Waals surface area (Å²) in [6.07, 6.45) is -2.34. The molecule has 10 heteroatoms. The van der Waals surface area contributed by atoms with Gasteiger partial charge in [-0.15, -0.1) is 0 Å². The van der Waals surface area contributed by atoms with Gasteiger partial charge in [0.25, 0.3) is 5.91 Å². The number of hydrogen-bond donors (Lipinski definition) is 1. The Balaban J connectivity index is 2.26. The lowest BCUT2D eigenvalue weighted by Gasteiger charge is -2.49. The van der Waals surface area contributed by atoms with E-state index in [-0.39, 0.29) is 0 Å². The molecular formula is C27H33Cl2NO6S. The molecule has 1 fully saturated rings. The summed E-state index contributed by atoms with van der Waals surface area (Å²) in [7, 11) is -3.70. The highest BCUT2D eigenvalue weighted by Gasteiger charge is 2.50. The summed E-state index contributed by atoms with van der Waals surface area (Å²) in [5, 5.41) is 9.56. The third-order valence-corrected chi connectivity index (χ3v) is 10.3. The Morgan fingerprint density at radius 1 is 1.08 bits per heavy atom. The van der Waals surface area contributed by atoms with E-state index in [1.54, 1.807) is 76.2 Å². The number of hydrogen-bond acceptors (Lipinski definition) is 5. The highest BCUT2D eigenvalue weighted by Crippen LogP contribution is 2.45. The van der Waals surface area contributed by atoms with Crippen molar-refractivity contribution in [2.45, 2.75) is 81.7 Å². The normalized spacial score (nSPS) is 22.5. The molecule has 0 aromatic heterocycles. The second kappa shape index (κ2) is 11.3. The second-order valence-corrected chi connectivity index (χ2v) is 14.2. The summed E-state index contributed by atoms with van der Waals surface area (Å²) in [6, 6.07) is 12.4. The quantitative estimate of drug-likeness (QED) is 0.427. The molecule has 202 valence electrons. The van der Waals surface area contributed by atoms with Crippen molar-refractivity contribution in [2.75, 3.05) is 0 Å². The standard InChI is InChI=1S/C27H33Cl2NO6S/c1-6-21(16(2)37(34,35)27(3,4)5)30-24(17-10-12-19(28)13-11-17)25(18-8-7-9-20(29)14-18)36-22(26(30)33)15-23(31)32/h7-14,16,21-22,24-25H,6,15H2,1-5H3,(H,31,32)/t16-,21+,22+,24+,25+/m0/s1. The number of benzene rings is 2. The van der Waals surface area contributed by atoms with Crippen molar-refractivity contribution in [2.24, 2.45) is 0 Å². The molecule has 0 saturated carbocycles. The Morgan fingerprint density at radius 2 is 1.70 bits per heavy atom. The van der Waals surface area contributed by atoms with E-state index in [9.17, 15) is 23.1 Å². The molecule has 3 rings (SSSR count). The van der Waals surface area contributed by atoms with E-state index >= 15 is 0 Å². The lowest BCUT2D eigenvalue weighted by Crippen LogP contribution is -2.59. The summed E-state index contributed by atoms with van der Waals surface area (Å²) in [5.41, 5.74) is 1.32. The van der Waals surface area contributed by atoms with Crippen LogP contribution in [0.4, 0.5) is 0 Å². The number of morpholine rings is 1. The third-order valence-electron chi connectivity index (χ3n) is 6.84. The first-order valence-electron chi connectivity index (χ1n) is 12.1. The Bertz CT molecular complexity index is 1240. The van der Waals surface area contributed by atoms with Crippen LogP contribution in [0.5, 0.6) is 0 Å². The molecule has 5 atom stereocenters. The van der Waals surface area contributed by atoms with Gasteiger partial charge in [0.2, 0.25) is 0 Å². The molecule has 0 aliphatic carbocycles. The number of carboxylic acids is 1. The number of carbonyl (C=O) groups is 2. The zero-order valence-electron chi connectivity index (χ0n) is 21.5. The maximum absolute atomic E-state index is 13.9. The van der Waals surface area contributed by atoms with Gasteiger partial charge in [0.1, 0.15) is 12.2 Å². The Hall–Kier alpha value is -2.13. The zero-order valence-corrected chi connectivity index (χ0v) is 23.8. The van der Waals surface area contributed by atoms with Gasteiger partial charge < -0.3 is 14.7 Å². The number of sulfone groups is 1. The molecule has 2 aromatic rings. The topological polar surface area (TPSA) is 101 Å². The number of halogens is 2. The molecule has 1 aliphatic rings. The minimum Gasteiger partial charge on any atom is -0.481 e. The van der Waals surface area contributed by atoms with E-state index < -0.39 is 62.4 Å². The fraction of sp³-hybridized carbons (Fsp3) is 0.481. The van der Waals surface area contributed by atoms with E-state index in [2.05, 4.69) is 0 Å². The number of rotatable bonds is 8. The molecule has 0 bridgehead atoms. The smallest absolute Gasteiger partial charge is 0.306 e. The number of ether oxygens (including phenoxy) is 1. The van der Waals surface area contributed by atoms with E-state index in [1.807, 2.05) is 6.92 Å². The Morgan fingerprint density at radius 3 is 2.22 bits per heavy atom. The SMILES string of the molecule is CC[C@H]([C@H](C)S(=O)(=O)C(C)(C)C)N1C(=O)[C@@H](CC(=O)O)O[C@H](c2cccc(Cl)c2)[C@H]1c1ccc(Cl)cc1. The lowest BCUT2D eigenvalue weighted by molar-refractivity contribution is -0.183. The molecule has 0 spiro atoms. The van der Waals surface area contributed by atoms with Crippen LogP contribution in [0.25, 0.3) is 0 Å². The molecule has 0 unspecified atom stereocenters. The molecule has 1 saturated heterocycles. The first-order valence-corrected chi connectivity index (χ1v) is 14.4.